The van der Waals surface area contributed by atoms with Gasteiger partial charge in [0, 0.05) is 49.4 Å². The van der Waals surface area contributed by atoms with E-state index in [0.717, 1.165) is 5.56 Å². The first-order valence-electron chi connectivity index (χ1n) is 8.90. The Morgan fingerprint density at radius 1 is 1.11 bits per heavy atom. The van der Waals surface area contributed by atoms with Gasteiger partial charge < -0.3 is 4.57 Å². The van der Waals surface area contributed by atoms with Gasteiger partial charge in [-0.3, -0.25) is 9.78 Å². The quantitative estimate of drug-likeness (QED) is 0.640. The van der Waals surface area contributed by atoms with Crippen LogP contribution in [0.5, 0.6) is 0 Å². The van der Waals surface area contributed by atoms with E-state index in [-0.39, 0.29) is 35.8 Å². The number of imidazole rings is 1. The molecule has 1 aliphatic heterocycles. The first kappa shape index (κ1) is 18.5. The summed E-state index contributed by atoms with van der Waals surface area (Å²) in [5.41, 5.74) is 1.22. The van der Waals surface area contributed by atoms with Gasteiger partial charge in [0.05, 0.1) is 18.1 Å². The second-order valence-corrected chi connectivity index (χ2v) is 8.85. The van der Waals surface area contributed by atoms with Gasteiger partial charge in [0.2, 0.25) is 0 Å². The largest absolute Gasteiger partial charge is 0.334 e. The van der Waals surface area contributed by atoms with Crippen LogP contribution in [-0.4, -0.2) is 50.1 Å². The molecule has 9 nitrogen and oxygen atoms in total. The number of sulfonamides is 1. The van der Waals surface area contributed by atoms with E-state index in [1.165, 1.54) is 27.6 Å². The van der Waals surface area contributed by atoms with Crippen LogP contribution in [0.25, 0.3) is 11.3 Å². The predicted molar refractivity (Wildman–Crippen MR) is 102 cm³/mol. The lowest BCUT2D eigenvalue weighted by Crippen LogP contribution is -2.53. The van der Waals surface area contributed by atoms with Crippen LogP contribution in [0.1, 0.15) is 25.9 Å². The highest BCUT2D eigenvalue weighted by Crippen LogP contribution is 2.27. The lowest BCUT2D eigenvalue weighted by molar-refractivity contribution is 0.185. The molecule has 0 N–H and O–H groups in total. The molecule has 146 valence electrons. The van der Waals surface area contributed by atoms with Crippen LogP contribution in [0, 0.1) is 0 Å². The van der Waals surface area contributed by atoms with E-state index in [1.807, 2.05) is 13.8 Å². The van der Waals surface area contributed by atoms with Crippen LogP contribution >= 0.6 is 0 Å². The molecule has 4 rings (SSSR count). The monoisotopic (exact) mass is 400 g/mol. The van der Waals surface area contributed by atoms with Gasteiger partial charge in [-0.15, -0.1) is 0 Å². The maximum atomic E-state index is 12.7. The third-order valence-corrected chi connectivity index (χ3v) is 6.47. The third-order valence-electron chi connectivity index (χ3n) is 4.75. The molecule has 28 heavy (non-hydrogen) atoms. The molecule has 0 aliphatic carbocycles. The Balaban J connectivity index is 1.54. The van der Waals surface area contributed by atoms with Gasteiger partial charge in [0.1, 0.15) is 0 Å². The topological polar surface area (TPSA) is 103 Å². The molecule has 0 saturated carbocycles. The first-order valence-corrected chi connectivity index (χ1v) is 10.3. The molecule has 0 radical (unpaired) electrons. The van der Waals surface area contributed by atoms with Crippen molar-refractivity contribution in [1.29, 1.82) is 0 Å². The molecule has 0 unspecified atom stereocenters. The fourth-order valence-electron chi connectivity index (χ4n) is 3.00. The van der Waals surface area contributed by atoms with Gasteiger partial charge >= 0.3 is 0 Å². The lowest BCUT2D eigenvalue weighted by Gasteiger charge is -2.37. The highest BCUT2D eigenvalue weighted by atomic mass is 32.2. The van der Waals surface area contributed by atoms with E-state index in [0.29, 0.717) is 5.69 Å². The summed E-state index contributed by atoms with van der Waals surface area (Å²) in [6.45, 7) is 4.27. The van der Waals surface area contributed by atoms with Gasteiger partial charge in [-0.2, -0.15) is 9.40 Å². The summed E-state index contributed by atoms with van der Waals surface area (Å²) in [6, 6.07) is 6.53. The molecule has 4 heterocycles. The normalized spacial score (nSPS) is 15.7. The number of rotatable bonds is 5. The standard InChI is InChI=1S/C18H20N6O3S/c1-13(2)22-11-17(20-12-22)28(26,27)23-9-15(10-23)24-18(25)4-3-16(21-24)14-5-7-19-8-6-14/h3-8,11-13,15H,9-10H2,1-2H3. The predicted octanol–water partition coefficient (Wildman–Crippen LogP) is 1.33. The second kappa shape index (κ2) is 6.95. The summed E-state index contributed by atoms with van der Waals surface area (Å²) in [5, 5.41) is 4.44. The van der Waals surface area contributed by atoms with E-state index in [4.69, 9.17) is 0 Å². The van der Waals surface area contributed by atoms with E-state index >= 15 is 0 Å². The van der Waals surface area contributed by atoms with Crippen molar-refractivity contribution in [2.24, 2.45) is 0 Å². The van der Waals surface area contributed by atoms with Crippen LogP contribution in [0.4, 0.5) is 0 Å². The summed E-state index contributed by atoms with van der Waals surface area (Å²) in [4.78, 5) is 20.2. The molecular weight excluding hydrogens is 380 g/mol. The smallest absolute Gasteiger partial charge is 0.267 e. The first-order chi connectivity index (χ1) is 13.4. The molecule has 1 fully saturated rings. The average Bonchev–Trinajstić information content (AvgIpc) is 3.14. The Bertz CT molecular complexity index is 1150. The van der Waals surface area contributed by atoms with Crippen LogP contribution < -0.4 is 5.56 Å². The Morgan fingerprint density at radius 3 is 2.46 bits per heavy atom. The van der Waals surface area contributed by atoms with Crippen molar-refractivity contribution < 1.29 is 8.42 Å². The maximum Gasteiger partial charge on any atom is 0.267 e. The fourth-order valence-corrected chi connectivity index (χ4v) is 4.43. The Kier molecular flexibility index (Phi) is 4.60. The highest BCUT2D eigenvalue weighted by molar-refractivity contribution is 7.89. The fraction of sp³-hybridized carbons (Fsp3) is 0.333. The number of aromatic nitrogens is 5. The molecular formula is C18H20N6O3S. The molecule has 0 spiro atoms. The lowest BCUT2D eigenvalue weighted by atomic mass is 10.1. The van der Waals surface area contributed by atoms with Crippen molar-refractivity contribution in [1.82, 2.24) is 28.6 Å². The van der Waals surface area contributed by atoms with Crippen molar-refractivity contribution >= 4 is 10.0 Å². The SMILES string of the molecule is CC(C)n1cnc(S(=O)(=O)N2CC(n3nc(-c4ccncc4)ccc3=O)C2)c1. The molecule has 0 amide bonds. The third kappa shape index (κ3) is 3.25. The molecule has 0 bridgehead atoms. The van der Waals surface area contributed by atoms with Crippen LogP contribution in [0.3, 0.4) is 0 Å². The van der Waals surface area contributed by atoms with E-state index in [1.54, 1.807) is 35.2 Å². The van der Waals surface area contributed by atoms with Gasteiger partial charge in [-0.25, -0.2) is 18.1 Å². The molecule has 10 heteroatoms. The average molecular weight is 400 g/mol. The molecule has 1 aliphatic rings. The van der Waals surface area contributed by atoms with Gasteiger partial charge in [-0.05, 0) is 32.0 Å². The summed E-state index contributed by atoms with van der Waals surface area (Å²) in [5.74, 6) is 0. The number of hydrogen-bond acceptors (Lipinski definition) is 6. The Hall–Kier alpha value is -2.85. The molecule has 0 aromatic carbocycles. The number of nitrogens with zero attached hydrogens (tertiary/aromatic N) is 6. The zero-order valence-electron chi connectivity index (χ0n) is 15.5. The van der Waals surface area contributed by atoms with Crippen molar-refractivity contribution in [2.45, 2.75) is 31.0 Å². The molecule has 3 aromatic rings. The van der Waals surface area contributed by atoms with Crippen molar-refractivity contribution in [3.05, 3.63) is 59.5 Å². The number of hydrogen-bond donors (Lipinski definition) is 0. The highest BCUT2D eigenvalue weighted by Gasteiger charge is 2.39. The van der Waals surface area contributed by atoms with Gasteiger partial charge in [-0.1, -0.05) is 0 Å². The summed E-state index contributed by atoms with van der Waals surface area (Å²) in [6.07, 6.45) is 6.35. The van der Waals surface area contributed by atoms with Gasteiger partial charge in [0.15, 0.2) is 5.03 Å². The van der Waals surface area contributed by atoms with E-state index in [9.17, 15) is 13.2 Å². The van der Waals surface area contributed by atoms with Crippen LogP contribution in [0.15, 0.2) is 59.0 Å². The summed E-state index contributed by atoms with van der Waals surface area (Å²) >= 11 is 0. The number of pyridine rings is 1. The summed E-state index contributed by atoms with van der Waals surface area (Å²) in [7, 11) is -3.68. The van der Waals surface area contributed by atoms with Crippen LogP contribution in [-0.2, 0) is 10.0 Å². The minimum Gasteiger partial charge on any atom is -0.334 e. The van der Waals surface area contributed by atoms with Crippen molar-refractivity contribution in [3.8, 4) is 11.3 Å². The minimum atomic E-state index is -3.68. The van der Waals surface area contributed by atoms with Crippen molar-refractivity contribution in [2.75, 3.05) is 13.1 Å². The molecule has 1 saturated heterocycles. The Morgan fingerprint density at radius 2 is 1.82 bits per heavy atom. The minimum absolute atomic E-state index is 0.0190. The zero-order chi connectivity index (χ0) is 19.9. The molecule has 0 atom stereocenters. The Labute approximate surface area is 162 Å². The zero-order valence-corrected chi connectivity index (χ0v) is 16.3. The van der Waals surface area contributed by atoms with E-state index in [2.05, 4.69) is 15.1 Å². The second-order valence-electron chi connectivity index (χ2n) is 6.97. The van der Waals surface area contributed by atoms with Gasteiger partial charge in [0.25, 0.3) is 15.6 Å². The van der Waals surface area contributed by atoms with Crippen molar-refractivity contribution in [3.63, 3.8) is 0 Å². The van der Waals surface area contributed by atoms with E-state index < -0.39 is 10.0 Å². The maximum absolute atomic E-state index is 12.7. The molecule has 3 aromatic heterocycles. The summed E-state index contributed by atoms with van der Waals surface area (Å²) < 4.78 is 29.9. The van der Waals surface area contributed by atoms with Crippen LogP contribution in [0.2, 0.25) is 0 Å².